The third kappa shape index (κ3) is 4.27. The zero-order valence-electron chi connectivity index (χ0n) is 14.7. The van der Waals surface area contributed by atoms with Crippen LogP contribution in [0.25, 0.3) is 0 Å². The Bertz CT molecular complexity index is 545. The Hall–Kier alpha value is -1.53. The molecule has 1 aromatic carbocycles. The lowest BCUT2D eigenvalue weighted by Gasteiger charge is -2.32. The molecule has 0 aliphatic carbocycles. The number of hydrogen-bond acceptors (Lipinski definition) is 3. The van der Waals surface area contributed by atoms with Gasteiger partial charge in [0.1, 0.15) is 0 Å². The summed E-state index contributed by atoms with van der Waals surface area (Å²) in [5.41, 5.74) is 0.873. The zero-order chi connectivity index (χ0) is 17.1. The lowest BCUT2D eigenvalue weighted by Crippen LogP contribution is -2.41. The van der Waals surface area contributed by atoms with Crippen LogP contribution in [0, 0.1) is 0 Å². The second-order valence-electron chi connectivity index (χ2n) is 6.95. The highest BCUT2D eigenvalue weighted by Gasteiger charge is 2.51. The maximum Gasteiger partial charge on any atom is 0.494 e. The number of nitrogens with one attached hydrogen (secondary N) is 2. The second kappa shape index (κ2) is 6.93. The van der Waals surface area contributed by atoms with Crippen molar-refractivity contribution in [2.45, 2.75) is 58.7 Å². The molecule has 2 rings (SSSR count). The molecule has 0 unspecified atom stereocenters. The van der Waals surface area contributed by atoms with Gasteiger partial charge < -0.3 is 19.9 Å². The first-order valence-corrected chi connectivity index (χ1v) is 8.25. The van der Waals surface area contributed by atoms with Gasteiger partial charge in [-0.2, -0.15) is 0 Å². The van der Waals surface area contributed by atoms with Crippen molar-refractivity contribution in [3.8, 4) is 0 Å². The van der Waals surface area contributed by atoms with Gasteiger partial charge in [0.2, 0.25) is 0 Å². The Morgan fingerprint density at radius 3 is 2.43 bits per heavy atom. The number of carbonyl (C=O) groups excluding carboxylic acids is 1. The quantitative estimate of drug-likeness (QED) is 0.648. The van der Waals surface area contributed by atoms with Crippen molar-refractivity contribution in [2.24, 2.45) is 0 Å². The van der Waals surface area contributed by atoms with Gasteiger partial charge in [-0.3, -0.25) is 0 Å². The normalized spacial score (nSPS) is 18.7. The number of amides is 2. The van der Waals surface area contributed by atoms with E-state index in [0.717, 1.165) is 24.0 Å². The standard InChI is InChI=1S/C17H27BN2O3/c1-6-7-11-19-15(21)20-14-10-8-9-13(12-14)18-22-16(2,3)17(4,5)23-18/h8-10,12H,6-7,11H2,1-5H3,(H2,19,20,21). The van der Waals surface area contributed by atoms with Crippen LogP contribution in [0.1, 0.15) is 47.5 Å². The van der Waals surface area contributed by atoms with Crippen molar-refractivity contribution in [2.75, 3.05) is 11.9 Å². The monoisotopic (exact) mass is 318 g/mol. The first kappa shape index (κ1) is 17.8. The molecule has 0 radical (unpaired) electrons. The van der Waals surface area contributed by atoms with Crippen molar-refractivity contribution in [1.82, 2.24) is 5.32 Å². The number of benzene rings is 1. The van der Waals surface area contributed by atoms with Gasteiger partial charge in [-0.05, 0) is 51.7 Å². The largest absolute Gasteiger partial charge is 0.494 e. The van der Waals surface area contributed by atoms with E-state index in [1.807, 2.05) is 52.0 Å². The maximum atomic E-state index is 11.8. The van der Waals surface area contributed by atoms with Crippen LogP contribution in [0.5, 0.6) is 0 Å². The molecule has 1 aliphatic heterocycles. The fraction of sp³-hybridized carbons (Fsp3) is 0.588. The van der Waals surface area contributed by atoms with Crippen LogP contribution < -0.4 is 16.1 Å². The Morgan fingerprint density at radius 1 is 1.17 bits per heavy atom. The minimum Gasteiger partial charge on any atom is -0.399 e. The van der Waals surface area contributed by atoms with E-state index >= 15 is 0 Å². The molecule has 0 aromatic heterocycles. The Kier molecular flexibility index (Phi) is 5.37. The van der Waals surface area contributed by atoms with E-state index in [-0.39, 0.29) is 17.2 Å². The molecule has 0 spiro atoms. The van der Waals surface area contributed by atoms with Gasteiger partial charge in [-0.1, -0.05) is 25.5 Å². The third-order valence-electron chi connectivity index (χ3n) is 4.49. The van der Waals surface area contributed by atoms with E-state index < -0.39 is 7.12 Å². The number of hydrogen-bond donors (Lipinski definition) is 2. The summed E-state index contributed by atoms with van der Waals surface area (Å²) in [4.78, 5) is 11.8. The van der Waals surface area contributed by atoms with Crippen LogP contribution in [-0.2, 0) is 9.31 Å². The number of rotatable bonds is 5. The van der Waals surface area contributed by atoms with E-state index in [1.54, 1.807) is 0 Å². The summed E-state index contributed by atoms with van der Waals surface area (Å²) in [5, 5.41) is 5.68. The summed E-state index contributed by atoms with van der Waals surface area (Å²) >= 11 is 0. The topological polar surface area (TPSA) is 59.6 Å². The second-order valence-corrected chi connectivity index (χ2v) is 6.95. The summed E-state index contributed by atoms with van der Waals surface area (Å²) in [6.07, 6.45) is 2.03. The highest BCUT2D eigenvalue weighted by Crippen LogP contribution is 2.36. The average molecular weight is 318 g/mol. The first-order valence-electron chi connectivity index (χ1n) is 8.25. The van der Waals surface area contributed by atoms with Crippen molar-refractivity contribution in [3.63, 3.8) is 0 Å². The van der Waals surface area contributed by atoms with E-state index in [9.17, 15) is 4.79 Å². The van der Waals surface area contributed by atoms with E-state index in [4.69, 9.17) is 9.31 Å². The lowest BCUT2D eigenvalue weighted by atomic mass is 9.79. The molecular weight excluding hydrogens is 291 g/mol. The molecule has 1 saturated heterocycles. The highest BCUT2D eigenvalue weighted by molar-refractivity contribution is 6.62. The molecule has 1 heterocycles. The number of unbranched alkanes of at least 4 members (excludes halogenated alkanes) is 1. The lowest BCUT2D eigenvalue weighted by molar-refractivity contribution is 0.00578. The summed E-state index contributed by atoms with van der Waals surface area (Å²) in [5.74, 6) is 0. The fourth-order valence-corrected chi connectivity index (χ4v) is 2.30. The van der Waals surface area contributed by atoms with Crippen molar-refractivity contribution in [3.05, 3.63) is 24.3 Å². The number of urea groups is 1. The minimum atomic E-state index is -0.426. The average Bonchev–Trinajstić information content (AvgIpc) is 2.68. The molecule has 2 N–H and O–H groups in total. The van der Waals surface area contributed by atoms with Crippen LogP contribution in [-0.4, -0.2) is 30.9 Å². The molecule has 2 amide bonds. The predicted octanol–water partition coefficient (Wildman–Crippen LogP) is 2.91. The Morgan fingerprint density at radius 2 is 1.83 bits per heavy atom. The van der Waals surface area contributed by atoms with Gasteiger partial charge in [0.15, 0.2) is 0 Å². The zero-order valence-corrected chi connectivity index (χ0v) is 14.7. The smallest absolute Gasteiger partial charge is 0.399 e. The summed E-state index contributed by atoms with van der Waals surface area (Å²) in [6, 6.07) is 7.39. The van der Waals surface area contributed by atoms with Crippen LogP contribution in [0.4, 0.5) is 10.5 Å². The molecule has 23 heavy (non-hydrogen) atoms. The Balaban J connectivity index is 2.02. The molecule has 0 bridgehead atoms. The van der Waals surface area contributed by atoms with Gasteiger partial charge in [0.05, 0.1) is 11.2 Å². The van der Waals surface area contributed by atoms with E-state index in [2.05, 4.69) is 17.6 Å². The molecule has 126 valence electrons. The van der Waals surface area contributed by atoms with E-state index in [0.29, 0.717) is 6.54 Å². The van der Waals surface area contributed by atoms with Gasteiger partial charge in [0.25, 0.3) is 0 Å². The molecule has 1 fully saturated rings. The van der Waals surface area contributed by atoms with Crippen molar-refractivity contribution >= 4 is 24.3 Å². The molecule has 1 aliphatic rings. The van der Waals surface area contributed by atoms with Crippen LogP contribution in [0.2, 0.25) is 0 Å². The van der Waals surface area contributed by atoms with Crippen LogP contribution in [0.15, 0.2) is 24.3 Å². The fourth-order valence-electron chi connectivity index (χ4n) is 2.30. The minimum absolute atomic E-state index is 0.190. The third-order valence-corrected chi connectivity index (χ3v) is 4.49. The molecular formula is C17H27BN2O3. The van der Waals surface area contributed by atoms with Gasteiger partial charge in [-0.15, -0.1) is 0 Å². The molecule has 0 saturated carbocycles. The van der Waals surface area contributed by atoms with Gasteiger partial charge >= 0.3 is 13.1 Å². The molecule has 0 atom stereocenters. The van der Waals surface area contributed by atoms with Gasteiger partial charge in [-0.25, -0.2) is 4.79 Å². The number of carbonyl (C=O) groups is 1. The van der Waals surface area contributed by atoms with E-state index in [1.165, 1.54) is 0 Å². The summed E-state index contributed by atoms with van der Waals surface area (Å²) in [7, 11) is -0.426. The van der Waals surface area contributed by atoms with Gasteiger partial charge in [0, 0.05) is 12.2 Å². The van der Waals surface area contributed by atoms with Crippen molar-refractivity contribution < 1.29 is 14.1 Å². The highest BCUT2D eigenvalue weighted by atomic mass is 16.7. The molecule has 6 heteroatoms. The first-order chi connectivity index (χ1) is 10.7. The number of anilines is 1. The van der Waals surface area contributed by atoms with Crippen LogP contribution in [0.3, 0.4) is 0 Å². The predicted molar refractivity (Wildman–Crippen MR) is 94.1 cm³/mol. The maximum absolute atomic E-state index is 11.8. The summed E-state index contributed by atoms with van der Waals surface area (Å²) < 4.78 is 12.1. The SMILES string of the molecule is CCCCNC(=O)Nc1cccc(B2OC(C)(C)C(C)(C)O2)c1. The molecule has 1 aromatic rings. The Labute approximate surface area is 139 Å². The molecule has 5 nitrogen and oxygen atoms in total. The van der Waals surface area contributed by atoms with Crippen molar-refractivity contribution in [1.29, 1.82) is 0 Å². The summed E-state index contributed by atoms with van der Waals surface area (Å²) in [6.45, 7) is 10.9. The van der Waals surface area contributed by atoms with Crippen LogP contribution >= 0.6 is 0 Å².